The Hall–Kier alpha value is -0.613. The van der Waals surface area contributed by atoms with Crippen molar-refractivity contribution < 1.29 is 14.3 Å². The third kappa shape index (κ3) is 8.68. The second kappa shape index (κ2) is 9.60. The highest BCUT2D eigenvalue weighted by molar-refractivity contribution is 6.11. The van der Waals surface area contributed by atoms with E-state index in [-0.39, 0.29) is 5.97 Å². The number of hydrogen-bond donors (Lipinski definition) is 0. The molecule has 0 spiro atoms. The average Bonchev–Trinajstić information content (AvgIpc) is 2.24. The Morgan fingerprint density at radius 3 is 2.62 bits per heavy atom. The van der Waals surface area contributed by atoms with Crippen molar-refractivity contribution in [2.45, 2.75) is 38.7 Å². The molecule has 0 heterocycles. The number of ether oxygens (including phenoxy) is 2. The summed E-state index contributed by atoms with van der Waals surface area (Å²) in [5, 5.41) is 0. The van der Waals surface area contributed by atoms with Gasteiger partial charge in [-0.25, -0.2) is 4.79 Å². The average molecular weight is 244 g/mol. The molecule has 0 radical (unpaired) electrons. The van der Waals surface area contributed by atoms with Crippen LogP contribution in [0, 0.1) is 0 Å². The Balaban J connectivity index is 3.37. The maximum absolute atomic E-state index is 11.1. The van der Waals surface area contributed by atoms with Crippen LogP contribution < -0.4 is 0 Å². The van der Waals surface area contributed by atoms with Gasteiger partial charge in [0.05, 0.1) is 6.61 Å². The third-order valence-electron chi connectivity index (χ3n) is 2.38. The van der Waals surface area contributed by atoms with Crippen LogP contribution in [-0.4, -0.2) is 36.0 Å². The van der Waals surface area contributed by atoms with Crippen LogP contribution in [0.5, 0.6) is 0 Å². The molecule has 0 aromatic heterocycles. The Labute approximate surface area is 102 Å². The van der Waals surface area contributed by atoms with Crippen molar-refractivity contribution in [3.63, 3.8) is 0 Å². The van der Waals surface area contributed by atoms with Crippen LogP contribution in [-0.2, 0) is 14.3 Å². The minimum absolute atomic E-state index is 0.279. The molecule has 1 atom stereocenters. The van der Waals surface area contributed by atoms with Crippen LogP contribution in [0.1, 0.15) is 33.1 Å². The van der Waals surface area contributed by atoms with Gasteiger partial charge < -0.3 is 9.47 Å². The topological polar surface area (TPSA) is 35.5 Å². The third-order valence-corrected chi connectivity index (χ3v) is 3.54. The van der Waals surface area contributed by atoms with Crippen LogP contribution in [0.3, 0.4) is 0 Å². The molecule has 0 fully saturated rings. The van der Waals surface area contributed by atoms with E-state index in [4.69, 9.17) is 9.47 Å². The Morgan fingerprint density at radius 2 is 2.06 bits per heavy atom. The van der Waals surface area contributed by atoms with Crippen molar-refractivity contribution in [3.8, 4) is 0 Å². The summed E-state index contributed by atoms with van der Waals surface area (Å²) in [4.78, 5) is 11.1. The quantitative estimate of drug-likeness (QED) is 0.267. The first-order chi connectivity index (χ1) is 7.57. The van der Waals surface area contributed by atoms with E-state index in [2.05, 4.69) is 6.58 Å². The SMILES string of the molecule is C=C(C)C(=O)OCCCC([SiH3])CCOCC. The molecule has 0 aliphatic heterocycles. The predicted octanol–water partition coefficient (Wildman–Crippen LogP) is 1.47. The molecule has 0 saturated heterocycles. The van der Waals surface area contributed by atoms with E-state index in [0.717, 1.165) is 38.0 Å². The summed E-state index contributed by atoms with van der Waals surface area (Å²) in [5.41, 5.74) is 1.23. The minimum Gasteiger partial charge on any atom is -0.462 e. The molecule has 3 nitrogen and oxygen atoms in total. The fourth-order valence-corrected chi connectivity index (χ4v) is 1.94. The lowest BCUT2D eigenvalue weighted by Gasteiger charge is -2.11. The number of carbonyl (C=O) groups is 1. The van der Waals surface area contributed by atoms with Crippen molar-refractivity contribution in [2.24, 2.45) is 0 Å². The van der Waals surface area contributed by atoms with Crippen LogP contribution >= 0.6 is 0 Å². The van der Waals surface area contributed by atoms with Crippen molar-refractivity contribution in [3.05, 3.63) is 12.2 Å². The molecule has 0 aliphatic rings. The van der Waals surface area contributed by atoms with Gasteiger partial charge >= 0.3 is 5.97 Å². The van der Waals surface area contributed by atoms with Gasteiger partial charge in [-0.1, -0.05) is 18.5 Å². The fourth-order valence-electron chi connectivity index (χ4n) is 1.29. The Morgan fingerprint density at radius 1 is 1.38 bits per heavy atom. The van der Waals surface area contributed by atoms with E-state index in [0.29, 0.717) is 12.2 Å². The predicted molar refractivity (Wildman–Crippen MR) is 69.8 cm³/mol. The van der Waals surface area contributed by atoms with Crippen molar-refractivity contribution in [2.75, 3.05) is 19.8 Å². The Kier molecular flexibility index (Phi) is 9.23. The zero-order valence-electron chi connectivity index (χ0n) is 10.8. The lowest BCUT2D eigenvalue weighted by Crippen LogP contribution is -2.07. The first-order valence-corrected chi connectivity index (χ1v) is 7.13. The van der Waals surface area contributed by atoms with Gasteiger partial charge in [0.1, 0.15) is 0 Å². The van der Waals surface area contributed by atoms with E-state index in [9.17, 15) is 4.79 Å². The summed E-state index contributed by atoms with van der Waals surface area (Å²) >= 11 is 0. The van der Waals surface area contributed by atoms with Gasteiger partial charge in [-0.2, -0.15) is 0 Å². The van der Waals surface area contributed by atoms with E-state index in [1.165, 1.54) is 10.2 Å². The van der Waals surface area contributed by atoms with Crippen LogP contribution in [0.25, 0.3) is 0 Å². The van der Waals surface area contributed by atoms with Gasteiger partial charge in [0.25, 0.3) is 0 Å². The molecule has 0 saturated carbocycles. The molecule has 16 heavy (non-hydrogen) atoms. The largest absolute Gasteiger partial charge is 0.462 e. The highest BCUT2D eigenvalue weighted by Gasteiger charge is 2.05. The number of carbonyl (C=O) groups excluding carboxylic acids is 1. The Bertz CT molecular complexity index is 216. The van der Waals surface area contributed by atoms with E-state index in [1.54, 1.807) is 6.92 Å². The van der Waals surface area contributed by atoms with E-state index in [1.807, 2.05) is 6.92 Å². The molecule has 1 unspecified atom stereocenters. The minimum atomic E-state index is -0.279. The number of hydrogen-bond acceptors (Lipinski definition) is 3. The lowest BCUT2D eigenvalue weighted by molar-refractivity contribution is -0.139. The molecular weight excluding hydrogens is 220 g/mol. The summed E-state index contributed by atoms with van der Waals surface area (Å²) in [5.74, 6) is -0.279. The molecule has 0 amide bonds. The van der Waals surface area contributed by atoms with Crippen molar-refractivity contribution >= 4 is 16.2 Å². The molecular formula is C12H24O3Si. The van der Waals surface area contributed by atoms with Crippen molar-refractivity contribution in [1.82, 2.24) is 0 Å². The molecule has 4 heteroatoms. The van der Waals surface area contributed by atoms with Gasteiger partial charge in [0, 0.05) is 29.0 Å². The van der Waals surface area contributed by atoms with E-state index < -0.39 is 0 Å². The smallest absolute Gasteiger partial charge is 0.333 e. The summed E-state index contributed by atoms with van der Waals surface area (Å²) in [7, 11) is 1.18. The van der Waals surface area contributed by atoms with Crippen LogP contribution in [0.15, 0.2) is 12.2 Å². The van der Waals surface area contributed by atoms with Gasteiger partial charge in [0.15, 0.2) is 0 Å². The zero-order chi connectivity index (χ0) is 12.4. The van der Waals surface area contributed by atoms with Gasteiger partial charge in [0.2, 0.25) is 0 Å². The first-order valence-electron chi connectivity index (χ1n) is 5.98. The highest BCUT2D eigenvalue weighted by Crippen LogP contribution is 2.13. The van der Waals surface area contributed by atoms with Crippen LogP contribution in [0.4, 0.5) is 0 Å². The maximum Gasteiger partial charge on any atom is 0.333 e. The second-order valence-electron chi connectivity index (χ2n) is 4.15. The molecule has 0 rings (SSSR count). The van der Waals surface area contributed by atoms with Crippen molar-refractivity contribution in [1.29, 1.82) is 0 Å². The van der Waals surface area contributed by atoms with E-state index >= 15 is 0 Å². The summed E-state index contributed by atoms with van der Waals surface area (Å²) in [6.07, 6.45) is 3.20. The monoisotopic (exact) mass is 244 g/mol. The second-order valence-corrected chi connectivity index (χ2v) is 5.78. The molecule has 0 aromatic rings. The zero-order valence-corrected chi connectivity index (χ0v) is 12.8. The molecule has 0 bridgehead atoms. The highest BCUT2D eigenvalue weighted by atomic mass is 28.1. The fraction of sp³-hybridized carbons (Fsp3) is 0.750. The standard InChI is InChI=1S/C12H24O3Si/c1-4-14-9-7-11(16)6-5-8-15-12(13)10(2)3/h11H,2,4-9H2,1,3,16H3. The molecule has 94 valence electrons. The van der Waals surface area contributed by atoms with Crippen LogP contribution in [0.2, 0.25) is 5.54 Å². The molecule has 0 aromatic carbocycles. The number of esters is 1. The summed E-state index contributed by atoms with van der Waals surface area (Å²) < 4.78 is 10.3. The van der Waals surface area contributed by atoms with Gasteiger partial charge in [-0.05, 0) is 26.7 Å². The van der Waals surface area contributed by atoms with Gasteiger partial charge in [-0.3, -0.25) is 0 Å². The summed E-state index contributed by atoms with van der Waals surface area (Å²) in [6.45, 7) is 9.38. The first kappa shape index (κ1) is 15.4. The van der Waals surface area contributed by atoms with Gasteiger partial charge in [-0.15, -0.1) is 0 Å². The maximum atomic E-state index is 11.1. The molecule has 0 N–H and O–H groups in total. The lowest BCUT2D eigenvalue weighted by atomic mass is 10.2. The number of rotatable bonds is 9. The summed E-state index contributed by atoms with van der Waals surface area (Å²) in [6, 6.07) is 0. The normalized spacial score (nSPS) is 12.4. The molecule has 0 aliphatic carbocycles.